The summed E-state index contributed by atoms with van der Waals surface area (Å²) in [5.74, 6) is -1.70. The molecule has 3 rings (SSSR count). The molecule has 2 aromatic carbocycles. The van der Waals surface area contributed by atoms with Crippen LogP contribution in [0.4, 0.5) is 8.78 Å². The standard InChI is InChI=1S/C27H30F2N4O6/c1-38-14-15-39-17-33-27(30-31-32-33)24(12-10-22(34)16-23(35)11-13-25(36)37)26(18-2-6-20(28)7-3-18)19-4-8-21(29)9-5-19/h2-10,12,22-23,34-35H,11,13-17H2,1H3,(H,36,37). The number of rotatable bonds is 15. The summed E-state index contributed by atoms with van der Waals surface area (Å²) < 4.78 is 39.5. The minimum atomic E-state index is -1.14. The molecule has 1 aromatic heterocycles. The lowest BCUT2D eigenvalue weighted by Gasteiger charge is -2.16. The van der Waals surface area contributed by atoms with Crippen LogP contribution in [0.5, 0.6) is 0 Å². The number of aliphatic carboxylic acids is 1. The number of tetrazole rings is 1. The average Bonchev–Trinajstić information content (AvgIpc) is 3.37. The smallest absolute Gasteiger partial charge is 0.303 e. The molecule has 0 aliphatic carbocycles. The highest BCUT2D eigenvalue weighted by atomic mass is 19.1. The van der Waals surface area contributed by atoms with Crippen molar-refractivity contribution in [1.29, 1.82) is 0 Å². The van der Waals surface area contributed by atoms with E-state index in [1.165, 1.54) is 35.0 Å². The van der Waals surface area contributed by atoms with Crippen molar-refractivity contribution in [3.05, 3.63) is 89.3 Å². The van der Waals surface area contributed by atoms with E-state index < -0.39 is 29.8 Å². The molecule has 3 aromatic rings. The molecule has 0 spiro atoms. The molecule has 0 fully saturated rings. The number of hydrogen-bond acceptors (Lipinski definition) is 8. The summed E-state index contributed by atoms with van der Waals surface area (Å²) in [6.45, 7) is 0.604. The number of halogens is 2. The predicted octanol–water partition coefficient (Wildman–Crippen LogP) is 3.06. The minimum Gasteiger partial charge on any atom is -0.481 e. The highest BCUT2D eigenvalue weighted by Gasteiger charge is 2.19. The van der Waals surface area contributed by atoms with Crippen LogP contribution >= 0.6 is 0 Å². The molecule has 0 saturated carbocycles. The second kappa shape index (κ2) is 14.9. The minimum absolute atomic E-state index is 0.0175. The highest BCUT2D eigenvalue weighted by Crippen LogP contribution is 2.33. The Morgan fingerprint density at radius 2 is 1.64 bits per heavy atom. The summed E-state index contributed by atoms with van der Waals surface area (Å²) in [7, 11) is 1.54. The van der Waals surface area contributed by atoms with Gasteiger partial charge in [0.15, 0.2) is 5.82 Å². The first-order valence-corrected chi connectivity index (χ1v) is 12.1. The fraction of sp³-hybridized carbons (Fsp3) is 0.333. The molecule has 39 heavy (non-hydrogen) atoms. The predicted molar refractivity (Wildman–Crippen MR) is 137 cm³/mol. The molecule has 10 nitrogen and oxygen atoms in total. The topological polar surface area (TPSA) is 140 Å². The Hall–Kier alpha value is -3.84. The Morgan fingerprint density at radius 3 is 2.21 bits per heavy atom. The van der Waals surface area contributed by atoms with Crippen LogP contribution in [0.3, 0.4) is 0 Å². The quantitative estimate of drug-likeness (QED) is 0.195. The van der Waals surface area contributed by atoms with Crippen molar-refractivity contribution in [2.75, 3.05) is 20.3 Å². The number of aliphatic hydroxyl groups excluding tert-OH is 2. The number of carboxylic acids is 1. The van der Waals surface area contributed by atoms with Gasteiger partial charge in [0, 0.05) is 25.5 Å². The van der Waals surface area contributed by atoms with Gasteiger partial charge in [-0.25, -0.2) is 8.78 Å². The lowest BCUT2D eigenvalue weighted by molar-refractivity contribution is -0.137. The molecule has 12 heteroatoms. The summed E-state index contributed by atoms with van der Waals surface area (Å²) in [5.41, 5.74) is 2.03. The third kappa shape index (κ3) is 9.14. The number of hydrogen-bond donors (Lipinski definition) is 3. The largest absolute Gasteiger partial charge is 0.481 e. The van der Waals surface area contributed by atoms with Crippen molar-refractivity contribution in [3.63, 3.8) is 0 Å². The Balaban J connectivity index is 2.09. The Bertz CT molecular complexity index is 1210. The van der Waals surface area contributed by atoms with E-state index in [1.54, 1.807) is 37.5 Å². The van der Waals surface area contributed by atoms with Gasteiger partial charge in [-0.2, -0.15) is 4.68 Å². The van der Waals surface area contributed by atoms with Crippen LogP contribution in [0, 0.1) is 11.6 Å². The molecule has 0 saturated heterocycles. The number of allylic oxidation sites excluding steroid dienone is 2. The second-order valence-electron chi connectivity index (χ2n) is 8.58. The first kappa shape index (κ1) is 29.7. The maximum absolute atomic E-state index is 13.8. The number of carbonyl (C=O) groups is 1. The zero-order valence-electron chi connectivity index (χ0n) is 21.3. The summed E-state index contributed by atoms with van der Waals surface area (Å²) in [6.07, 6.45) is 0.418. The fourth-order valence-electron chi connectivity index (χ4n) is 3.73. The van der Waals surface area contributed by atoms with Crippen molar-refractivity contribution in [3.8, 4) is 0 Å². The van der Waals surface area contributed by atoms with Crippen LogP contribution in [0.25, 0.3) is 11.1 Å². The van der Waals surface area contributed by atoms with E-state index in [1.807, 2.05) is 0 Å². The summed E-state index contributed by atoms with van der Waals surface area (Å²) >= 11 is 0. The number of ether oxygens (including phenoxy) is 2. The van der Waals surface area contributed by atoms with E-state index in [0.29, 0.717) is 28.9 Å². The van der Waals surface area contributed by atoms with Gasteiger partial charge >= 0.3 is 5.97 Å². The Labute approximate surface area is 223 Å². The number of methoxy groups -OCH3 is 1. The Kier molecular flexibility index (Phi) is 11.4. The maximum Gasteiger partial charge on any atom is 0.303 e. The molecule has 0 aliphatic rings. The molecule has 2 unspecified atom stereocenters. The Morgan fingerprint density at radius 1 is 1.03 bits per heavy atom. The molecule has 3 N–H and O–H groups in total. The molecule has 0 aliphatic heterocycles. The van der Waals surface area contributed by atoms with Gasteiger partial charge in [0.25, 0.3) is 0 Å². The molecule has 208 valence electrons. The van der Waals surface area contributed by atoms with Gasteiger partial charge in [-0.15, -0.1) is 5.10 Å². The van der Waals surface area contributed by atoms with Crippen molar-refractivity contribution < 1.29 is 38.4 Å². The molecule has 0 radical (unpaired) electrons. The van der Waals surface area contributed by atoms with Gasteiger partial charge in [0.1, 0.15) is 18.4 Å². The maximum atomic E-state index is 13.8. The zero-order chi connectivity index (χ0) is 28.2. The summed E-state index contributed by atoms with van der Waals surface area (Å²) in [4.78, 5) is 10.8. The van der Waals surface area contributed by atoms with Gasteiger partial charge in [0.2, 0.25) is 0 Å². The third-order valence-electron chi connectivity index (χ3n) is 5.64. The van der Waals surface area contributed by atoms with Gasteiger partial charge < -0.3 is 24.8 Å². The van der Waals surface area contributed by atoms with Gasteiger partial charge in [0.05, 0.1) is 25.4 Å². The number of aliphatic hydroxyl groups is 2. The van der Waals surface area contributed by atoms with Crippen LogP contribution in [0.2, 0.25) is 0 Å². The van der Waals surface area contributed by atoms with Crippen LogP contribution in [-0.4, -0.2) is 74.0 Å². The van der Waals surface area contributed by atoms with Crippen LogP contribution < -0.4 is 0 Å². The van der Waals surface area contributed by atoms with Gasteiger partial charge in [-0.1, -0.05) is 36.4 Å². The summed E-state index contributed by atoms with van der Waals surface area (Å²) in [6, 6.07) is 11.3. The van der Waals surface area contributed by atoms with Crippen molar-refractivity contribution >= 4 is 17.1 Å². The van der Waals surface area contributed by atoms with E-state index in [2.05, 4.69) is 15.5 Å². The number of carboxylic acid groups (broad SMARTS) is 1. The van der Waals surface area contributed by atoms with E-state index in [0.717, 1.165) is 0 Å². The highest BCUT2D eigenvalue weighted by molar-refractivity contribution is 6.00. The first-order chi connectivity index (χ1) is 18.8. The molecule has 1 heterocycles. The van der Waals surface area contributed by atoms with E-state index in [4.69, 9.17) is 14.6 Å². The normalized spacial score (nSPS) is 12.9. The monoisotopic (exact) mass is 544 g/mol. The van der Waals surface area contributed by atoms with Crippen molar-refractivity contribution in [2.24, 2.45) is 0 Å². The van der Waals surface area contributed by atoms with Crippen molar-refractivity contribution in [1.82, 2.24) is 20.2 Å². The van der Waals surface area contributed by atoms with Crippen LogP contribution in [-0.2, 0) is 21.0 Å². The van der Waals surface area contributed by atoms with E-state index >= 15 is 0 Å². The molecule has 2 atom stereocenters. The lowest BCUT2D eigenvalue weighted by atomic mass is 9.91. The zero-order valence-corrected chi connectivity index (χ0v) is 21.3. The van der Waals surface area contributed by atoms with Crippen molar-refractivity contribution in [2.45, 2.75) is 38.2 Å². The first-order valence-electron chi connectivity index (χ1n) is 12.1. The average molecular weight is 545 g/mol. The molecular formula is C27H30F2N4O6. The lowest BCUT2D eigenvalue weighted by Crippen LogP contribution is -2.17. The molecule has 0 bridgehead atoms. The molecular weight excluding hydrogens is 514 g/mol. The second-order valence-corrected chi connectivity index (χ2v) is 8.58. The molecule has 0 amide bonds. The van der Waals surface area contributed by atoms with Crippen LogP contribution in [0.15, 0.2) is 60.7 Å². The van der Waals surface area contributed by atoms with E-state index in [9.17, 15) is 23.8 Å². The van der Waals surface area contributed by atoms with Gasteiger partial charge in [-0.05, 0) is 57.8 Å². The SMILES string of the molecule is COCCOCn1nnnc1C(C=CC(O)CC(O)CCC(=O)O)=C(c1ccc(F)cc1)c1ccc(F)cc1. The van der Waals surface area contributed by atoms with Gasteiger partial charge in [-0.3, -0.25) is 4.79 Å². The van der Waals surface area contributed by atoms with E-state index in [-0.39, 0.29) is 38.4 Å². The number of aromatic nitrogens is 4. The fourth-order valence-corrected chi connectivity index (χ4v) is 3.73. The summed E-state index contributed by atoms with van der Waals surface area (Å²) in [5, 5.41) is 41.4. The van der Waals surface area contributed by atoms with Crippen LogP contribution in [0.1, 0.15) is 36.2 Å². The third-order valence-corrected chi connectivity index (χ3v) is 5.64. The number of nitrogens with zero attached hydrogens (tertiary/aromatic N) is 4. The number of benzene rings is 2.